The quantitative estimate of drug-likeness (QED) is 0.372. The molecule has 1 aromatic heterocycles. The topological polar surface area (TPSA) is 133 Å². The molecule has 0 aliphatic heterocycles. The van der Waals surface area contributed by atoms with Gasteiger partial charge in [0.05, 0.1) is 11.0 Å². The number of rotatable bonds is 6. The molecular formula is C20H18N4O5. The Balaban J connectivity index is 1.63. The predicted molar refractivity (Wildman–Crippen MR) is 107 cm³/mol. The van der Waals surface area contributed by atoms with Gasteiger partial charge in [0.2, 0.25) is 5.91 Å². The van der Waals surface area contributed by atoms with E-state index in [1.165, 1.54) is 13.0 Å². The van der Waals surface area contributed by atoms with E-state index in [4.69, 9.17) is 4.74 Å². The fourth-order valence-electron chi connectivity index (χ4n) is 2.57. The van der Waals surface area contributed by atoms with Crippen molar-refractivity contribution in [2.24, 2.45) is 0 Å². The minimum atomic E-state index is -0.843. The second-order valence-corrected chi connectivity index (χ2v) is 6.11. The van der Waals surface area contributed by atoms with Crippen molar-refractivity contribution in [1.29, 1.82) is 0 Å². The Morgan fingerprint density at radius 3 is 2.48 bits per heavy atom. The number of aromatic nitrogens is 2. The van der Waals surface area contributed by atoms with E-state index in [-0.39, 0.29) is 11.4 Å². The number of carbonyl (C=O) groups excluding carboxylic acids is 3. The molecular weight excluding hydrogens is 376 g/mol. The van der Waals surface area contributed by atoms with Gasteiger partial charge >= 0.3 is 11.7 Å². The Labute approximate surface area is 164 Å². The van der Waals surface area contributed by atoms with Crippen LogP contribution >= 0.6 is 0 Å². The van der Waals surface area contributed by atoms with Gasteiger partial charge in [0, 0.05) is 12.6 Å². The van der Waals surface area contributed by atoms with Crippen LogP contribution in [0.3, 0.4) is 0 Å². The summed E-state index contributed by atoms with van der Waals surface area (Å²) in [5.74, 6) is -1.86. The van der Waals surface area contributed by atoms with Crippen molar-refractivity contribution in [3.8, 4) is 0 Å². The van der Waals surface area contributed by atoms with Gasteiger partial charge in [-0.05, 0) is 29.8 Å². The SMILES string of the molecule is CC(=O)NC(=Cc1ccccc1)C(=O)OCC(=O)Nc1ccc2[nH]c(=O)[nH]c2c1. The summed E-state index contributed by atoms with van der Waals surface area (Å²) in [5.41, 5.74) is 1.81. The highest BCUT2D eigenvalue weighted by Crippen LogP contribution is 2.14. The van der Waals surface area contributed by atoms with Crippen molar-refractivity contribution in [2.75, 3.05) is 11.9 Å². The van der Waals surface area contributed by atoms with Crippen LogP contribution < -0.4 is 16.3 Å². The van der Waals surface area contributed by atoms with Gasteiger partial charge in [-0.15, -0.1) is 0 Å². The van der Waals surface area contributed by atoms with E-state index in [2.05, 4.69) is 20.6 Å². The minimum Gasteiger partial charge on any atom is -0.451 e. The molecule has 0 saturated heterocycles. The third-order valence-electron chi connectivity index (χ3n) is 3.78. The van der Waals surface area contributed by atoms with Crippen LogP contribution in [-0.2, 0) is 19.1 Å². The number of benzene rings is 2. The molecule has 3 rings (SSSR count). The van der Waals surface area contributed by atoms with Crippen LogP contribution in [0.25, 0.3) is 17.1 Å². The maximum absolute atomic E-state index is 12.3. The second-order valence-electron chi connectivity index (χ2n) is 6.11. The summed E-state index contributed by atoms with van der Waals surface area (Å²) in [6.45, 7) is 0.715. The van der Waals surface area contributed by atoms with Crippen molar-refractivity contribution in [2.45, 2.75) is 6.92 Å². The number of nitrogens with one attached hydrogen (secondary N) is 4. The molecule has 0 atom stereocenters. The van der Waals surface area contributed by atoms with Gasteiger partial charge < -0.3 is 25.3 Å². The maximum atomic E-state index is 12.3. The number of carbonyl (C=O) groups is 3. The zero-order chi connectivity index (χ0) is 20.8. The number of hydrogen-bond acceptors (Lipinski definition) is 5. The number of ether oxygens (including phenoxy) is 1. The number of aromatic amines is 2. The number of amides is 2. The van der Waals surface area contributed by atoms with Crippen LogP contribution in [0.4, 0.5) is 5.69 Å². The van der Waals surface area contributed by atoms with Crippen LogP contribution in [-0.4, -0.2) is 34.4 Å². The van der Waals surface area contributed by atoms with Gasteiger partial charge in [0.25, 0.3) is 5.91 Å². The standard InChI is InChI=1S/C20H18N4O5/c1-12(25)21-17(9-13-5-3-2-4-6-13)19(27)29-11-18(26)22-14-7-8-15-16(10-14)24-20(28)23-15/h2-10H,11H2,1H3,(H,21,25)(H,22,26)(H2,23,24,28). The molecule has 148 valence electrons. The number of esters is 1. The first-order chi connectivity index (χ1) is 13.9. The van der Waals surface area contributed by atoms with E-state index in [1.54, 1.807) is 42.5 Å². The smallest absolute Gasteiger partial charge is 0.355 e. The largest absolute Gasteiger partial charge is 0.451 e. The molecule has 0 aliphatic carbocycles. The average Bonchev–Trinajstić information content (AvgIpc) is 3.05. The Kier molecular flexibility index (Phi) is 5.88. The first-order valence-corrected chi connectivity index (χ1v) is 8.64. The molecule has 0 unspecified atom stereocenters. The number of hydrogen-bond donors (Lipinski definition) is 4. The highest BCUT2D eigenvalue weighted by Gasteiger charge is 2.15. The van der Waals surface area contributed by atoms with Crippen LogP contribution in [0, 0.1) is 0 Å². The summed E-state index contributed by atoms with van der Waals surface area (Å²) >= 11 is 0. The summed E-state index contributed by atoms with van der Waals surface area (Å²) < 4.78 is 5.00. The fourth-order valence-corrected chi connectivity index (χ4v) is 2.57. The number of anilines is 1. The third-order valence-corrected chi connectivity index (χ3v) is 3.78. The van der Waals surface area contributed by atoms with Gasteiger partial charge in [0.1, 0.15) is 5.70 Å². The highest BCUT2D eigenvalue weighted by atomic mass is 16.5. The van der Waals surface area contributed by atoms with Crippen LogP contribution in [0.2, 0.25) is 0 Å². The molecule has 4 N–H and O–H groups in total. The summed E-state index contributed by atoms with van der Waals surface area (Å²) in [6.07, 6.45) is 1.46. The molecule has 2 aromatic carbocycles. The van der Waals surface area contributed by atoms with Gasteiger partial charge in [-0.3, -0.25) is 9.59 Å². The summed E-state index contributed by atoms with van der Waals surface area (Å²) in [7, 11) is 0. The van der Waals surface area contributed by atoms with Crippen LogP contribution in [0.5, 0.6) is 0 Å². The average molecular weight is 394 g/mol. The van der Waals surface area contributed by atoms with Crippen LogP contribution in [0.15, 0.2) is 59.0 Å². The Morgan fingerprint density at radius 1 is 1.03 bits per heavy atom. The molecule has 0 aliphatic rings. The lowest BCUT2D eigenvalue weighted by atomic mass is 10.2. The lowest BCUT2D eigenvalue weighted by molar-refractivity contribution is -0.144. The Hall–Kier alpha value is -4.14. The Morgan fingerprint density at radius 2 is 1.76 bits per heavy atom. The van der Waals surface area contributed by atoms with E-state index in [1.807, 2.05) is 6.07 Å². The van der Waals surface area contributed by atoms with Crippen molar-refractivity contribution in [3.63, 3.8) is 0 Å². The first kappa shape index (κ1) is 19.6. The maximum Gasteiger partial charge on any atom is 0.355 e. The Bertz CT molecular complexity index is 1140. The zero-order valence-corrected chi connectivity index (χ0v) is 15.4. The van der Waals surface area contributed by atoms with Gasteiger partial charge in [0.15, 0.2) is 6.61 Å². The zero-order valence-electron chi connectivity index (χ0n) is 15.4. The van der Waals surface area contributed by atoms with Gasteiger partial charge in [-0.1, -0.05) is 30.3 Å². The van der Waals surface area contributed by atoms with Crippen LogP contribution in [0.1, 0.15) is 12.5 Å². The lowest BCUT2D eigenvalue weighted by Crippen LogP contribution is -2.28. The second kappa shape index (κ2) is 8.70. The molecule has 9 nitrogen and oxygen atoms in total. The normalized spacial score (nSPS) is 11.1. The molecule has 2 amide bonds. The molecule has 0 bridgehead atoms. The third kappa shape index (κ3) is 5.42. The number of imidazole rings is 1. The van der Waals surface area contributed by atoms with Crippen molar-refractivity contribution in [1.82, 2.24) is 15.3 Å². The number of H-pyrrole nitrogens is 2. The minimum absolute atomic E-state index is 0.0807. The molecule has 0 spiro atoms. The number of fused-ring (bicyclic) bond motifs is 1. The monoisotopic (exact) mass is 394 g/mol. The van der Waals surface area contributed by atoms with Crippen molar-refractivity contribution in [3.05, 3.63) is 70.3 Å². The highest BCUT2D eigenvalue weighted by molar-refractivity contribution is 6.00. The summed E-state index contributed by atoms with van der Waals surface area (Å²) in [5, 5.41) is 4.97. The molecule has 3 aromatic rings. The fraction of sp³-hybridized carbons (Fsp3) is 0.100. The molecule has 0 fully saturated rings. The summed E-state index contributed by atoms with van der Waals surface area (Å²) in [4.78, 5) is 52.2. The summed E-state index contributed by atoms with van der Waals surface area (Å²) in [6, 6.07) is 13.7. The van der Waals surface area contributed by atoms with E-state index in [0.717, 1.165) is 0 Å². The molecule has 29 heavy (non-hydrogen) atoms. The van der Waals surface area contributed by atoms with Gasteiger partial charge in [-0.25, -0.2) is 9.59 Å². The van der Waals surface area contributed by atoms with E-state index >= 15 is 0 Å². The predicted octanol–water partition coefficient (Wildman–Crippen LogP) is 1.52. The van der Waals surface area contributed by atoms with E-state index < -0.39 is 24.4 Å². The molecule has 1 heterocycles. The molecule has 0 saturated carbocycles. The lowest BCUT2D eigenvalue weighted by Gasteiger charge is -2.10. The van der Waals surface area contributed by atoms with Crippen molar-refractivity contribution >= 4 is 40.6 Å². The van der Waals surface area contributed by atoms with E-state index in [9.17, 15) is 19.2 Å². The first-order valence-electron chi connectivity index (χ1n) is 8.64. The van der Waals surface area contributed by atoms with Crippen molar-refractivity contribution < 1.29 is 19.1 Å². The van der Waals surface area contributed by atoms with E-state index in [0.29, 0.717) is 22.3 Å². The molecule has 0 radical (unpaired) electrons. The molecule has 9 heteroatoms. The van der Waals surface area contributed by atoms with Gasteiger partial charge in [-0.2, -0.15) is 0 Å².